The molecule has 3 aromatic rings. The first kappa shape index (κ1) is 10.0. The van der Waals surface area contributed by atoms with Crippen LogP contribution in [-0.2, 0) is 0 Å². The molecule has 0 spiro atoms. The van der Waals surface area contributed by atoms with Gasteiger partial charge < -0.3 is 5.11 Å². The molecule has 0 saturated carbocycles. The normalized spacial score (nSPS) is 10.8. The van der Waals surface area contributed by atoms with Crippen LogP contribution in [-0.4, -0.2) is 20.5 Å². The summed E-state index contributed by atoms with van der Waals surface area (Å²) >= 11 is 1.26. The van der Waals surface area contributed by atoms with Gasteiger partial charge in [0, 0.05) is 12.4 Å². The summed E-state index contributed by atoms with van der Waals surface area (Å²) in [7, 11) is 0. The van der Waals surface area contributed by atoms with Crippen LogP contribution < -0.4 is 0 Å². The number of carbonyl (C=O) groups is 1. The molecule has 0 atom stereocenters. The Balaban J connectivity index is 2.19. The molecule has 0 aromatic carbocycles. The fourth-order valence-electron chi connectivity index (χ4n) is 1.74. The van der Waals surface area contributed by atoms with Gasteiger partial charge in [-0.2, -0.15) is 0 Å². The Hall–Kier alpha value is -2.14. The lowest BCUT2D eigenvalue weighted by molar-refractivity contribution is 0.0702. The van der Waals surface area contributed by atoms with Crippen LogP contribution >= 0.6 is 11.3 Å². The third-order valence-electron chi connectivity index (χ3n) is 2.50. The first-order valence-electron chi connectivity index (χ1n) is 5.01. The van der Waals surface area contributed by atoms with E-state index in [1.165, 1.54) is 11.3 Å². The van der Waals surface area contributed by atoms with Crippen molar-refractivity contribution in [2.24, 2.45) is 0 Å². The smallest absolute Gasteiger partial charge is 0.345 e. The van der Waals surface area contributed by atoms with Gasteiger partial charge in [0.2, 0.25) is 0 Å². The maximum absolute atomic E-state index is 10.9. The number of hydrogen-bond donors (Lipinski definition) is 1. The minimum atomic E-state index is -0.890. The molecule has 0 aliphatic heterocycles. The Morgan fingerprint density at radius 1 is 1.29 bits per heavy atom. The van der Waals surface area contributed by atoms with Crippen molar-refractivity contribution in [1.82, 2.24) is 9.38 Å². The molecule has 5 heteroatoms. The highest BCUT2D eigenvalue weighted by Gasteiger charge is 2.10. The van der Waals surface area contributed by atoms with E-state index in [0.29, 0.717) is 4.88 Å². The number of carboxylic acids is 1. The summed E-state index contributed by atoms with van der Waals surface area (Å²) in [6.45, 7) is 0. The highest BCUT2D eigenvalue weighted by Crippen LogP contribution is 2.28. The second-order valence-electron chi connectivity index (χ2n) is 3.54. The van der Waals surface area contributed by atoms with Gasteiger partial charge in [-0.25, -0.2) is 9.78 Å². The Labute approximate surface area is 101 Å². The van der Waals surface area contributed by atoms with Crippen LogP contribution in [0.2, 0.25) is 0 Å². The molecule has 0 bridgehead atoms. The Morgan fingerprint density at radius 2 is 2.18 bits per heavy atom. The lowest BCUT2D eigenvalue weighted by Crippen LogP contribution is -1.90. The molecule has 84 valence electrons. The zero-order valence-electron chi connectivity index (χ0n) is 8.70. The molecule has 0 aliphatic carbocycles. The minimum Gasteiger partial charge on any atom is -0.477 e. The number of carboxylic acid groups (broad SMARTS) is 1. The number of pyridine rings is 1. The highest BCUT2D eigenvalue weighted by atomic mass is 32.1. The average molecular weight is 244 g/mol. The molecule has 0 radical (unpaired) electrons. The Bertz CT molecular complexity index is 699. The molecule has 3 rings (SSSR count). The van der Waals surface area contributed by atoms with Crippen LogP contribution in [0.4, 0.5) is 0 Å². The van der Waals surface area contributed by atoms with Gasteiger partial charge in [0.15, 0.2) is 0 Å². The van der Waals surface area contributed by atoms with Crippen molar-refractivity contribution in [1.29, 1.82) is 0 Å². The lowest BCUT2D eigenvalue weighted by Gasteiger charge is -2.01. The van der Waals surface area contributed by atoms with Crippen molar-refractivity contribution in [3.05, 3.63) is 47.6 Å². The first-order valence-corrected chi connectivity index (χ1v) is 5.83. The quantitative estimate of drug-likeness (QED) is 0.754. The summed E-state index contributed by atoms with van der Waals surface area (Å²) in [4.78, 5) is 16.3. The van der Waals surface area contributed by atoms with E-state index in [1.807, 2.05) is 34.9 Å². The summed E-state index contributed by atoms with van der Waals surface area (Å²) in [5, 5.41) is 8.91. The molecule has 0 aliphatic rings. The van der Waals surface area contributed by atoms with Gasteiger partial charge in [-0.1, -0.05) is 6.07 Å². The van der Waals surface area contributed by atoms with E-state index < -0.39 is 5.97 Å². The van der Waals surface area contributed by atoms with Gasteiger partial charge in [0.1, 0.15) is 10.5 Å². The number of thiophene rings is 1. The van der Waals surface area contributed by atoms with E-state index in [2.05, 4.69) is 4.98 Å². The van der Waals surface area contributed by atoms with Crippen LogP contribution in [0.3, 0.4) is 0 Å². The molecule has 0 amide bonds. The van der Waals surface area contributed by atoms with Crippen molar-refractivity contribution < 1.29 is 9.90 Å². The maximum Gasteiger partial charge on any atom is 0.345 e. The van der Waals surface area contributed by atoms with Gasteiger partial charge in [-0.05, 0) is 24.3 Å². The molecule has 4 nitrogen and oxygen atoms in total. The third kappa shape index (κ3) is 1.60. The second-order valence-corrected chi connectivity index (χ2v) is 4.62. The predicted molar refractivity (Wildman–Crippen MR) is 65.5 cm³/mol. The van der Waals surface area contributed by atoms with Crippen molar-refractivity contribution in [2.45, 2.75) is 0 Å². The molecular weight excluding hydrogens is 236 g/mol. The van der Waals surface area contributed by atoms with Crippen molar-refractivity contribution in [2.75, 3.05) is 0 Å². The number of aromatic nitrogens is 2. The summed E-state index contributed by atoms with van der Waals surface area (Å²) in [5.41, 5.74) is 1.81. The van der Waals surface area contributed by atoms with Crippen LogP contribution in [0.5, 0.6) is 0 Å². The van der Waals surface area contributed by atoms with E-state index in [-0.39, 0.29) is 0 Å². The fraction of sp³-hybridized carbons (Fsp3) is 0. The molecule has 1 N–H and O–H groups in total. The van der Waals surface area contributed by atoms with Crippen LogP contribution in [0.15, 0.2) is 42.7 Å². The van der Waals surface area contributed by atoms with Gasteiger partial charge in [0.25, 0.3) is 0 Å². The molecule has 17 heavy (non-hydrogen) atoms. The van der Waals surface area contributed by atoms with E-state index in [9.17, 15) is 4.79 Å². The standard InChI is InChI=1S/C12H8N2O2S/c15-12(16)10-5-4-9(17-10)8-2-1-3-11-13-6-7-14(8)11/h1-7H,(H,15,16). The van der Waals surface area contributed by atoms with Gasteiger partial charge in [0.05, 0.1) is 10.6 Å². The maximum atomic E-state index is 10.9. The zero-order valence-corrected chi connectivity index (χ0v) is 9.52. The van der Waals surface area contributed by atoms with Crippen molar-refractivity contribution >= 4 is 23.0 Å². The number of imidazole rings is 1. The Kier molecular flexibility index (Phi) is 2.19. The van der Waals surface area contributed by atoms with Crippen LogP contribution in [0.25, 0.3) is 16.2 Å². The molecular formula is C12H8N2O2S. The van der Waals surface area contributed by atoms with Gasteiger partial charge in [-0.3, -0.25) is 4.40 Å². The second kappa shape index (κ2) is 3.71. The minimum absolute atomic E-state index is 0.345. The van der Waals surface area contributed by atoms with Crippen LogP contribution in [0.1, 0.15) is 9.67 Å². The monoisotopic (exact) mass is 244 g/mol. The molecule has 0 fully saturated rings. The molecule has 3 heterocycles. The zero-order chi connectivity index (χ0) is 11.8. The summed E-state index contributed by atoms with van der Waals surface area (Å²) in [6.07, 6.45) is 3.59. The topological polar surface area (TPSA) is 54.6 Å². The van der Waals surface area contributed by atoms with E-state index in [4.69, 9.17) is 5.11 Å². The van der Waals surface area contributed by atoms with E-state index in [0.717, 1.165) is 16.2 Å². The average Bonchev–Trinajstić information content (AvgIpc) is 2.97. The van der Waals surface area contributed by atoms with Crippen molar-refractivity contribution in [3.8, 4) is 10.6 Å². The largest absolute Gasteiger partial charge is 0.477 e. The number of rotatable bonds is 2. The van der Waals surface area contributed by atoms with E-state index in [1.54, 1.807) is 12.3 Å². The van der Waals surface area contributed by atoms with Crippen LogP contribution in [0, 0.1) is 0 Å². The number of aromatic carboxylic acids is 1. The number of nitrogens with zero attached hydrogens (tertiary/aromatic N) is 2. The number of hydrogen-bond acceptors (Lipinski definition) is 3. The van der Waals surface area contributed by atoms with E-state index >= 15 is 0 Å². The van der Waals surface area contributed by atoms with Gasteiger partial charge >= 0.3 is 5.97 Å². The molecule has 3 aromatic heterocycles. The lowest BCUT2D eigenvalue weighted by atomic mass is 10.3. The SMILES string of the molecule is O=C(O)c1ccc(-c2cccc3nccn23)s1. The summed E-state index contributed by atoms with van der Waals surface area (Å²) < 4.78 is 1.94. The summed E-state index contributed by atoms with van der Waals surface area (Å²) in [6, 6.07) is 9.22. The fourth-order valence-corrected chi connectivity index (χ4v) is 2.61. The molecule has 0 saturated heterocycles. The predicted octanol–water partition coefficient (Wildman–Crippen LogP) is 2.76. The molecule has 0 unspecified atom stereocenters. The first-order chi connectivity index (χ1) is 8.25. The third-order valence-corrected chi connectivity index (χ3v) is 3.59. The number of fused-ring (bicyclic) bond motifs is 1. The summed E-state index contributed by atoms with van der Waals surface area (Å²) in [5.74, 6) is -0.890. The van der Waals surface area contributed by atoms with Crippen molar-refractivity contribution in [3.63, 3.8) is 0 Å². The highest BCUT2D eigenvalue weighted by molar-refractivity contribution is 7.17. The van der Waals surface area contributed by atoms with Gasteiger partial charge in [-0.15, -0.1) is 11.3 Å². The Morgan fingerprint density at radius 3 is 2.94 bits per heavy atom.